The zero-order valence-corrected chi connectivity index (χ0v) is 15.9. The van der Waals surface area contributed by atoms with E-state index in [-0.39, 0.29) is 11.8 Å². The van der Waals surface area contributed by atoms with Crippen LogP contribution in [0.4, 0.5) is 5.69 Å². The Morgan fingerprint density at radius 2 is 1.77 bits per heavy atom. The second-order valence-corrected chi connectivity index (χ2v) is 7.49. The quantitative estimate of drug-likeness (QED) is 0.649. The van der Waals surface area contributed by atoms with Crippen LogP contribution in [-0.2, 0) is 4.79 Å². The van der Waals surface area contributed by atoms with Crippen molar-refractivity contribution in [2.45, 2.75) is 0 Å². The Labute approximate surface area is 161 Å². The fraction of sp³-hybridized carbons (Fsp3) is 0.105. The van der Waals surface area contributed by atoms with Gasteiger partial charge in [0.05, 0.1) is 4.91 Å². The van der Waals surface area contributed by atoms with Gasteiger partial charge in [-0.05, 0) is 48.1 Å². The van der Waals surface area contributed by atoms with Gasteiger partial charge in [0.1, 0.15) is 0 Å². The number of thiocarbonyl (C=S) groups is 1. The molecule has 0 bridgehead atoms. The maximum Gasteiger partial charge on any atom is 0.285 e. The smallest absolute Gasteiger partial charge is 0.285 e. The number of benzene rings is 2. The zero-order valence-electron chi connectivity index (χ0n) is 14.3. The minimum atomic E-state index is -0.376. The number of carbonyl (C=O) groups excluding carboxylic acids is 2. The summed E-state index contributed by atoms with van der Waals surface area (Å²) in [6.45, 7) is 0. The van der Waals surface area contributed by atoms with Crippen LogP contribution in [0, 0.1) is 0 Å². The lowest BCUT2D eigenvalue weighted by atomic mass is 10.2. The van der Waals surface area contributed by atoms with Crippen LogP contribution in [0.5, 0.6) is 0 Å². The molecule has 0 radical (unpaired) electrons. The maximum absolute atomic E-state index is 12.6. The standard InChI is InChI=1S/C19H17N3O2S2/c1-21(2)15-10-8-13(9-11-15)12-16-18(24)22(19(25)26-16)20-17(23)14-6-4-3-5-7-14/h3-12H,1-2H3,(H,20,23)/b16-12+. The number of amides is 2. The minimum absolute atomic E-state index is 0.301. The predicted octanol–water partition coefficient (Wildman–Crippen LogP) is 3.30. The van der Waals surface area contributed by atoms with Crippen LogP contribution in [0.1, 0.15) is 15.9 Å². The number of thioether (sulfide) groups is 1. The van der Waals surface area contributed by atoms with Gasteiger partial charge in [-0.25, -0.2) is 0 Å². The highest BCUT2D eigenvalue weighted by molar-refractivity contribution is 8.26. The third kappa shape index (κ3) is 3.95. The first-order chi connectivity index (χ1) is 12.5. The van der Waals surface area contributed by atoms with Crippen molar-refractivity contribution in [2.24, 2.45) is 0 Å². The van der Waals surface area contributed by atoms with Gasteiger partial charge in [-0.2, -0.15) is 5.01 Å². The molecule has 3 rings (SSSR count). The van der Waals surface area contributed by atoms with E-state index >= 15 is 0 Å². The van der Waals surface area contributed by atoms with E-state index in [1.54, 1.807) is 30.3 Å². The highest BCUT2D eigenvalue weighted by Crippen LogP contribution is 2.31. The van der Waals surface area contributed by atoms with Gasteiger partial charge in [0.2, 0.25) is 0 Å². The van der Waals surface area contributed by atoms with E-state index in [0.717, 1.165) is 16.3 Å². The van der Waals surface area contributed by atoms with Crippen LogP contribution in [0.2, 0.25) is 0 Å². The van der Waals surface area contributed by atoms with Gasteiger partial charge >= 0.3 is 0 Å². The summed E-state index contributed by atoms with van der Waals surface area (Å²) in [6.07, 6.45) is 1.77. The number of hydrogen-bond donors (Lipinski definition) is 1. The number of nitrogens with one attached hydrogen (secondary N) is 1. The van der Waals surface area contributed by atoms with Gasteiger partial charge in [0.25, 0.3) is 11.8 Å². The first kappa shape index (κ1) is 18.2. The SMILES string of the molecule is CN(C)c1ccc(/C=C2/SC(=S)N(NC(=O)c3ccccc3)C2=O)cc1. The molecule has 2 aromatic rings. The van der Waals surface area contributed by atoms with Gasteiger partial charge in [-0.3, -0.25) is 15.0 Å². The molecule has 0 spiro atoms. The fourth-order valence-corrected chi connectivity index (χ4v) is 3.52. The summed E-state index contributed by atoms with van der Waals surface area (Å²) in [4.78, 5) is 27.3. The van der Waals surface area contributed by atoms with Crippen LogP contribution >= 0.6 is 24.0 Å². The van der Waals surface area contributed by atoms with Crippen LogP contribution in [0.25, 0.3) is 6.08 Å². The lowest BCUT2D eigenvalue weighted by molar-refractivity contribution is -0.123. The normalized spacial score (nSPS) is 15.5. The summed E-state index contributed by atoms with van der Waals surface area (Å²) in [5.41, 5.74) is 5.00. The van der Waals surface area contributed by atoms with Crippen molar-refractivity contribution in [2.75, 3.05) is 19.0 Å². The van der Waals surface area contributed by atoms with Crippen LogP contribution < -0.4 is 10.3 Å². The van der Waals surface area contributed by atoms with E-state index in [0.29, 0.717) is 14.8 Å². The number of hydrazine groups is 1. The Bertz CT molecular complexity index is 877. The summed E-state index contributed by atoms with van der Waals surface area (Å²) in [6, 6.07) is 16.5. The number of carbonyl (C=O) groups is 2. The molecule has 0 aromatic heterocycles. The van der Waals surface area contributed by atoms with Crippen LogP contribution in [-0.4, -0.2) is 35.2 Å². The number of nitrogens with zero attached hydrogens (tertiary/aromatic N) is 2. The second kappa shape index (κ2) is 7.72. The van der Waals surface area contributed by atoms with E-state index in [1.807, 2.05) is 49.3 Å². The Morgan fingerprint density at radius 1 is 1.12 bits per heavy atom. The Balaban J connectivity index is 1.75. The summed E-state index contributed by atoms with van der Waals surface area (Å²) in [7, 11) is 3.94. The molecule has 1 heterocycles. The molecule has 1 saturated heterocycles. The van der Waals surface area contributed by atoms with Crippen molar-refractivity contribution >= 4 is 51.9 Å². The van der Waals surface area contributed by atoms with Crippen LogP contribution in [0.3, 0.4) is 0 Å². The van der Waals surface area contributed by atoms with Crippen molar-refractivity contribution in [3.05, 3.63) is 70.6 Å². The van der Waals surface area contributed by atoms with Crippen molar-refractivity contribution in [1.29, 1.82) is 0 Å². The highest BCUT2D eigenvalue weighted by atomic mass is 32.2. The summed E-state index contributed by atoms with van der Waals surface area (Å²) < 4.78 is 0.301. The molecule has 1 N–H and O–H groups in total. The molecule has 0 aliphatic carbocycles. The molecule has 2 amide bonds. The molecule has 1 aliphatic rings. The summed E-state index contributed by atoms with van der Waals surface area (Å²) in [5.74, 6) is -0.709. The van der Waals surface area contributed by atoms with E-state index in [2.05, 4.69) is 5.43 Å². The molecule has 7 heteroatoms. The van der Waals surface area contributed by atoms with Crippen LogP contribution in [0.15, 0.2) is 59.5 Å². The van der Waals surface area contributed by atoms with Crippen molar-refractivity contribution in [3.63, 3.8) is 0 Å². The summed E-state index contributed by atoms with van der Waals surface area (Å²) in [5, 5.41) is 1.12. The first-order valence-corrected chi connectivity index (χ1v) is 9.09. The molecule has 132 valence electrons. The second-order valence-electron chi connectivity index (χ2n) is 5.81. The largest absolute Gasteiger partial charge is 0.378 e. The van der Waals surface area contributed by atoms with E-state index < -0.39 is 0 Å². The van der Waals surface area contributed by atoms with E-state index in [4.69, 9.17) is 12.2 Å². The Hall–Kier alpha value is -2.64. The topological polar surface area (TPSA) is 52.6 Å². The number of hydrogen-bond acceptors (Lipinski definition) is 5. The molecule has 1 fully saturated rings. The first-order valence-electron chi connectivity index (χ1n) is 7.87. The maximum atomic E-state index is 12.6. The molecule has 1 aliphatic heterocycles. The number of rotatable bonds is 4. The van der Waals surface area contributed by atoms with Gasteiger partial charge in [0.15, 0.2) is 4.32 Å². The molecule has 0 saturated carbocycles. The monoisotopic (exact) mass is 383 g/mol. The third-order valence-electron chi connectivity index (χ3n) is 3.75. The molecule has 2 aromatic carbocycles. The lowest BCUT2D eigenvalue weighted by Gasteiger charge is -2.15. The molecule has 0 unspecified atom stereocenters. The van der Waals surface area contributed by atoms with Gasteiger partial charge in [-0.1, -0.05) is 42.1 Å². The molecule has 5 nitrogen and oxygen atoms in total. The average molecular weight is 383 g/mol. The molecular formula is C19H17N3O2S2. The minimum Gasteiger partial charge on any atom is -0.378 e. The molecule has 0 atom stereocenters. The molecular weight excluding hydrogens is 366 g/mol. The third-order valence-corrected chi connectivity index (χ3v) is 5.05. The van der Waals surface area contributed by atoms with Crippen molar-refractivity contribution in [1.82, 2.24) is 10.4 Å². The predicted molar refractivity (Wildman–Crippen MR) is 110 cm³/mol. The lowest BCUT2D eigenvalue weighted by Crippen LogP contribution is -2.44. The van der Waals surface area contributed by atoms with Gasteiger partial charge < -0.3 is 4.90 Å². The van der Waals surface area contributed by atoms with Crippen molar-refractivity contribution in [3.8, 4) is 0 Å². The van der Waals surface area contributed by atoms with Crippen molar-refractivity contribution < 1.29 is 9.59 Å². The van der Waals surface area contributed by atoms with Gasteiger partial charge in [-0.15, -0.1) is 0 Å². The summed E-state index contributed by atoms with van der Waals surface area (Å²) >= 11 is 6.41. The number of anilines is 1. The van der Waals surface area contributed by atoms with E-state index in [1.165, 1.54) is 11.8 Å². The Kier molecular flexibility index (Phi) is 5.39. The molecule has 26 heavy (non-hydrogen) atoms. The fourth-order valence-electron chi connectivity index (χ4n) is 2.34. The Morgan fingerprint density at radius 3 is 2.38 bits per heavy atom. The van der Waals surface area contributed by atoms with Gasteiger partial charge in [0, 0.05) is 25.3 Å². The average Bonchev–Trinajstić information content (AvgIpc) is 2.90. The van der Waals surface area contributed by atoms with E-state index in [9.17, 15) is 9.59 Å². The zero-order chi connectivity index (χ0) is 18.7. The highest BCUT2D eigenvalue weighted by Gasteiger charge is 2.33.